The fourth-order valence-electron chi connectivity index (χ4n) is 3.39. The second-order valence-electron chi connectivity index (χ2n) is 6.11. The highest BCUT2D eigenvalue weighted by Crippen LogP contribution is 2.30. The second kappa shape index (κ2) is 6.15. The van der Waals surface area contributed by atoms with Crippen molar-refractivity contribution < 1.29 is 4.42 Å². The van der Waals surface area contributed by atoms with E-state index < -0.39 is 0 Å². The normalized spacial score (nSPS) is 11.6. The highest BCUT2D eigenvalue weighted by atomic mass is 16.3. The molecular formula is C22H19N3O. The molecule has 0 aliphatic heterocycles. The lowest BCUT2D eigenvalue weighted by Crippen LogP contribution is -2.02. The van der Waals surface area contributed by atoms with Gasteiger partial charge in [0.05, 0.1) is 11.7 Å². The molecule has 0 unspecified atom stereocenters. The van der Waals surface area contributed by atoms with Crippen molar-refractivity contribution in [1.29, 1.82) is 0 Å². The van der Waals surface area contributed by atoms with Crippen molar-refractivity contribution in [2.45, 2.75) is 13.8 Å². The van der Waals surface area contributed by atoms with Crippen LogP contribution in [-0.2, 0) is 0 Å². The maximum atomic E-state index is 5.80. The number of rotatable bonds is 4. The van der Waals surface area contributed by atoms with E-state index in [1.165, 1.54) is 0 Å². The molecule has 0 aliphatic carbocycles. The van der Waals surface area contributed by atoms with Crippen molar-refractivity contribution in [2.24, 2.45) is 0 Å². The van der Waals surface area contributed by atoms with E-state index in [0.717, 1.165) is 39.0 Å². The Kier molecular flexibility index (Phi) is 3.81. The molecule has 3 heterocycles. The third-order valence-electron chi connectivity index (χ3n) is 4.60. The van der Waals surface area contributed by atoms with E-state index in [9.17, 15) is 0 Å². The fourth-order valence-corrected chi connectivity index (χ4v) is 3.39. The molecule has 4 aromatic rings. The van der Waals surface area contributed by atoms with E-state index in [1.54, 1.807) is 12.3 Å². The smallest absolute Gasteiger partial charge is 0.235 e. The molecular weight excluding hydrogens is 322 g/mol. The first-order chi connectivity index (χ1) is 12.7. The molecule has 0 bridgehead atoms. The van der Waals surface area contributed by atoms with Crippen molar-refractivity contribution in [3.63, 3.8) is 0 Å². The van der Waals surface area contributed by atoms with Gasteiger partial charge in [0.15, 0.2) is 5.58 Å². The minimum atomic E-state index is 0.619. The van der Waals surface area contributed by atoms with E-state index in [4.69, 9.17) is 9.40 Å². The van der Waals surface area contributed by atoms with Gasteiger partial charge in [0.25, 0.3) is 0 Å². The van der Waals surface area contributed by atoms with Crippen molar-refractivity contribution >= 4 is 34.2 Å². The number of hydrogen-bond donors (Lipinski definition) is 0. The molecule has 0 saturated heterocycles. The van der Waals surface area contributed by atoms with E-state index >= 15 is 0 Å². The quantitative estimate of drug-likeness (QED) is 0.452. The number of allylic oxidation sites excluding steroid dienone is 2. The average Bonchev–Trinajstić information content (AvgIpc) is 3.11. The first kappa shape index (κ1) is 16.1. The summed E-state index contributed by atoms with van der Waals surface area (Å²) in [6.07, 6.45) is 9.19. The number of aryl methyl sites for hydroxylation is 1. The van der Waals surface area contributed by atoms with Gasteiger partial charge in [-0.2, -0.15) is 0 Å². The van der Waals surface area contributed by atoms with Crippen LogP contribution in [0.3, 0.4) is 0 Å². The Bertz CT molecular complexity index is 1190. The highest BCUT2D eigenvalue weighted by Gasteiger charge is 2.17. The standard InChI is InChI=1S/C22H19N3O/c1-5-7-10-17-15(4)26-20-13-23-22(24-21(17)20)25-14(3)16(6-2)18-11-8-9-12-19(18)25/h5-13H,1-2H2,3-4H3/b10-7-. The number of nitrogens with zero attached hydrogens (tertiary/aromatic N) is 3. The number of para-hydroxylation sites is 1. The van der Waals surface area contributed by atoms with Crippen LogP contribution < -0.4 is 0 Å². The Morgan fingerprint density at radius 3 is 2.69 bits per heavy atom. The van der Waals surface area contributed by atoms with Gasteiger partial charge in [0.2, 0.25) is 5.95 Å². The van der Waals surface area contributed by atoms with E-state index in [2.05, 4.69) is 41.8 Å². The van der Waals surface area contributed by atoms with Gasteiger partial charge in [-0.3, -0.25) is 4.57 Å². The molecule has 128 valence electrons. The lowest BCUT2D eigenvalue weighted by atomic mass is 10.1. The number of furan rings is 1. The summed E-state index contributed by atoms with van der Waals surface area (Å²) in [6, 6.07) is 8.21. The Morgan fingerprint density at radius 1 is 1.12 bits per heavy atom. The van der Waals surface area contributed by atoms with Crippen molar-refractivity contribution in [1.82, 2.24) is 14.5 Å². The molecule has 26 heavy (non-hydrogen) atoms. The van der Waals surface area contributed by atoms with Crippen LogP contribution in [0.15, 0.2) is 60.2 Å². The first-order valence-corrected chi connectivity index (χ1v) is 8.43. The zero-order valence-corrected chi connectivity index (χ0v) is 14.9. The maximum Gasteiger partial charge on any atom is 0.235 e. The Labute approximate surface area is 151 Å². The molecule has 0 amide bonds. The Hall–Kier alpha value is -3.40. The molecule has 0 atom stereocenters. The van der Waals surface area contributed by atoms with Gasteiger partial charge < -0.3 is 4.42 Å². The lowest BCUT2D eigenvalue weighted by Gasteiger charge is -2.06. The third kappa shape index (κ3) is 2.30. The van der Waals surface area contributed by atoms with Gasteiger partial charge in [-0.05, 0) is 26.0 Å². The van der Waals surface area contributed by atoms with Crippen LogP contribution in [-0.4, -0.2) is 14.5 Å². The van der Waals surface area contributed by atoms with Gasteiger partial charge >= 0.3 is 0 Å². The maximum absolute atomic E-state index is 5.80. The van der Waals surface area contributed by atoms with Crippen LogP contribution in [0.5, 0.6) is 0 Å². The molecule has 0 fully saturated rings. The summed E-state index contributed by atoms with van der Waals surface area (Å²) >= 11 is 0. The number of hydrogen-bond acceptors (Lipinski definition) is 3. The fraction of sp³-hybridized carbons (Fsp3) is 0.0909. The van der Waals surface area contributed by atoms with E-state index in [0.29, 0.717) is 11.5 Å². The van der Waals surface area contributed by atoms with Gasteiger partial charge in [-0.15, -0.1) is 0 Å². The molecule has 0 saturated carbocycles. The van der Waals surface area contributed by atoms with Crippen LogP contribution >= 0.6 is 0 Å². The molecule has 0 spiro atoms. The zero-order valence-electron chi connectivity index (χ0n) is 14.9. The van der Waals surface area contributed by atoms with Crippen LogP contribution in [0, 0.1) is 13.8 Å². The largest absolute Gasteiger partial charge is 0.457 e. The Morgan fingerprint density at radius 2 is 1.92 bits per heavy atom. The summed E-state index contributed by atoms with van der Waals surface area (Å²) in [4.78, 5) is 9.37. The zero-order chi connectivity index (χ0) is 18.3. The summed E-state index contributed by atoms with van der Waals surface area (Å²) in [5, 5.41) is 1.14. The highest BCUT2D eigenvalue weighted by molar-refractivity contribution is 5.92. The van der Waals surface area contributed by atoms with Crippen LogP contribution in [0.2, 0.25) is 0 Å². The average molecular weight is 341 g/mol. The van der Waals surface area contributed by atoms with Gasteiger partial charge in [-0.25, -0.2) is 9.97 Å². The first-order valence-electron chi connectivity index (χ1n) is 8.43. The summed E-state index contributed by atoms with van der Waals surface area (Å²) in [5.74, 6) is 1.43. The summed E-state index contributed by atoms with van der Waals surface area (Å²) < 4.78 is 7.86. The SMILES string of the molecule is C=C/C=C\c1c(C)oc2cnc(-n3c(C)c(C=C)c4ccccc43)nc12. The number of aromatic nitrogens is 3. The van der Waals surface area contributed by atoms with Crippen molar-refractivity contribution in [3.8, 4) is 5.95 Å². The summed E-state index contributed by atoms with van der Waals surface area (Å²) in [5.41, 5.74) is 5.63. The van der Waals surface area contributed by atoms with Crippen molar-refractivity contribution in [2.75, 3.05) is 0 Å². The minimum Gasteiger partial charge on any atom is -0.457 e. The van der Waals surface area contributed by atoms with Crippen LogP contribution in [0.4, 0.5) is 0 Å². The van der Waals surface area contributed by atoms with E-state index in [-0.39, 0.29) is 0 Å². The number of fused-ring (bicyclic) bond motifs is 2. The molecule has 4 heteroatoms. The molecule has 0 N–H and O–H groups in total. The van der Waals surface area contributed by atoms with Gasteiger partial charge in [-0.1, -0.05) is 49.6 Å². The predicted octanol–water partition coefficient (Wildman–Crippen LogP) is 5.63. The van der Waals surface area contributed by atoms with Crippen LogP contribution in [0.1, 0.15) is 22.6 Å². The molecule has 0 radical (unpaired) electrons. The molecule has 4 rings (SSSR count). The Balaban J connectivity index is 2.03. The van der Waals surface area contributed by atoms with Crippen molar-refractivity contribution in [3.05, 3.63) is 78.4 Å². The van der Waals surface area contributed by atoms with Crippen LogP contribution in [0.25, 0.3) is 40.1 Å². The predicted molar refractivity (Wildman–Crippen MR) is 107 cm³/mol. The van der Waals surface area contributed by atoms with Gasteiger partial charge in [0.1, 0.15) is 11.3 Å². The lowest BCUT2D eigenvalue weighted by molar-refractivity contribution is 0.575. The molecule has 4 nitrogen and oxygen atoms in total. The monoisotopic (exact) mass is 341 g/mol. The van der Waals surface area contributed by atoms with Gasteiger partial charge in [0, 0.05) is 22.2 Å². The molecule has 1 aromatic carbocycles. The number of benzene rings is 1. The third-order valence-corrected chi connectivity index (χ3v) is 4.60. The van der Waals surface area contributed by atoms with E-state index in [1.807, 2.05) is 37.3 Å². The minimum absolute atomic E-state index is 0.619. The molecule has 0 aliphatic rings. The molecule has 3 aromatic heterocycles. The second-order valence-corrected chi connectivity index (χ2v) is 6.11. The summed E-state index contributed by atoms with van der Waals surface area (Å²) in [7, 11) is 0. The summed E-state index contributed by atoms with van der Waals surface area (Å²) in [6.45, 7) is 11.7. The topological polar surface area (TPSA) is 43.9 Å².